The average Bonchev–Trinajstić information content (AvgIpc) is 2.47. The van der Waals surface area contributed by atoms with Gasteiger partial charge in [0.15, 0.2) is 0 Å². The van der Waals surface area contributed by atoms with Crippen molar-refractivity contribution in [3.05, 3.63) is 29.8 Å². The normalized spacial score (nSPS) is 22.1. The van der Waals surface area contributed by atoms with Gasteiger partial charge in [0.25, 0.3) is 0 Å². The molecule has 0 bridgehead atoms. The van der Waals surface area contributed by atoms with E-state index in [2.05, 4.69) is 10.1 Å². The number of methoxy groups -OCH3 is 1. The number of rotatable bonds is 3. The number of carbonyl (C=O) groups is 2. The lowest BCUT2D eigenvalue weighted by molar-refractivity contribution is -0.120. The van der Waals surface area contributed by atoms with Gasteiger partial charge in [-0.1, -0.05) is 6.42 Å². The predicted molar refractivity (Wildman–Crippen MR) is 76.3 cm³/mol. The summed E-state index contributed by atoms with van der Waals surface area (Å²) in [4.78, 5) is 23.4. The Kier molecular flexibility index (Phi) is 4.74. The van der Waals surface area contributed by atoms with E-state index in [0.717, 1.165) is 25.7 Å². The van der Waals surface area contributed by atoms with Crippen molar-refractivity contribution in [3.63, 3.8) is 0 Å². The van der Waals surface area contributed by atoms with Crippen LogP contribution in [0.15, 0.2) is 24.3 Å². The van der Waals surface area contributed by atoms with Crippen LogP contribution in [0.25, 0.3) is 0 Å². The van der Waals surface area contributed by atoms with Crippen molar-refractivity contribution in [2.45, 2.75) is 31.7 Å². The number of nitrogens with two attached hydrogens (primary N) is 1. The zero-order valence-corrected chi connectivity index (χ0v) is 11.6. The average molecular weight is 276 g/mol. The Morgan fingerprint density at radius 1 is 1.25 bits per heavy atom. The molecule has 2 atom stereocenters. The number of ether oxygens (including phenoxy) is 1. The second-order valence-corrected chi connectivity index (χ2v) is 5.18. The molecule has 0 radical (unpaired) electrons. The van der Waals surface area contributed by atoms with E-state index in [4.69, 9.17) is 5.73 Å². The molecule has 1 amide bonds. The van der Waals surface area contributed by atoms with Crippen LogP contribution < -0.4 is 11.1 Å². The summed E-state index contributed by atoms with van der Waals surface area (Å²) < 4.78 is 4.62. The molecule has 5 nitrogen and oxygen atoms in total. The standard InChI is InChI=1S/C15H20N2O3/c1-20-15(19)10-5-7-13(8-6-10)17-14(18)11-3-2-4-12(16)9-11/h5-8,11-12H,2-4,9,16H2,1H3,(H,17,18). The molecule has 0 spiro atoms. The SMILES string of the molecule is COC(=O)c1ccc(NC(=O)C2CCCC(N)C2)cc1. The third-order valence-corrected chi connectivity index (χ3v) is 3.66. The number of hydrogen-bond donors (Lipinski definition) is 2. The summed E-state index contributed by atoms with van der Waals surface area (Å²) in [6.07, 6.45) is 3.63. The Hall–Kier alpha value is -1.88. The molecule has 0 saturated heterocycles. The lowest BCUT2D eigenvalue weighted by atomic mass is 9.85. The van der Waals surface area contributed by atoms with Crippen LogP contribution in [0.5, 0.6) is 0 Å². The number of benzene rings is 1. The summed E-state index contributed by atoms with van der Waals surface area (Å²) >= 11 is 0. The van der Waals surface area contributed by atoms with E-state index < -0.39 is 0 Å². The first-order valence-corrected chi connectivity index (χ1v) is 6.85. The highest BCUT2D eigenvalue weighted by Crippen LogP contribution is 2.24. The molecule has 20 heavy (non-hydrogen) atoms. The molecule has 1 aromatic carbocycles. The molecular weight excluding hydrogens is 256 g/mol. The van der Waals surface area contributed by atoms with E-state index in [1.54, 1.807) is 24.3 Å². The predicted octanol–water partition coefficient (Wildman–Crippen LogP) is 1.93. The quantitative estimate of drug-likeness (QED) is 0.826. The number of hydrogen-bond acceptors (Lipinski definition) is 4. The van der Waals surface area contributed by atoms with E-state index in [9.17, 15) is 9.59 Å². The van der Waals surface area contributed by atoms with Crippen LogP contribution in [-0.2, 0) is 9.53 Å². The number of amides is 1. The first-order valence-electron chi connectivity index (χ1n) is 6.85. The molecule has 1 fully saturated rings. The van der Waals surface area contributed by atoms with E-state index in [1.807, 2.05) is 0 Å². The fourth-order valence-electron chi connectivity index (χ4n) is 2.52. The number of anilines is 1. The molecule has 2 rings (SSSR count). The molecule has 1 aliphatic rings. The summed E-state index contributed by atoms with van der Waals surface area (Å²) in [7, 11) is 1.34. The fraction of sp³-hybridized carbons (Fsp3) is 0.467. The van der Waals surface area contributed by atoms with Crippen LogP contribution in [0.3, 0.4) is 0 Å². The first-order chi connectivity index (χ1) is 9.60. The summed E-state index contributed by atoms with van der Waals surface area (Å²) in [6.45, 7) is 0. The van der Waals surface area contributed by atoms with Crippen molar-refractivity contribution in [2.75, 3.05) is 12.4 Å². The maximum atomic E-state index is 12.1. The van der Waals surface area contributed by atoms with Gasteiger partial charge >= 0.3 is 5.97 Å². The second kappa shape index (κ2) is 6.52. The van der Waals surface area contributed by atoms with Crippen LogP contribution in [0.4, 0.5) is 5.69 Å². The molecular formula is C15H20N2O3. The zero-order chi connectivity index (χ0) is 14.5. The highest BCUT2D eigenvalue weighted by molar-refractivity contribution is 5.94. The molecule has 108 valence electrons. The Bertz CT molecular complexity index is 484. The van der Waals surface area contributed by atoms with E-state index in [1.165, 1.54) is 7.11 Å². The molecule has 1 aromatic rings. The van der Waals surface area contributed by atoms with Gasteiger partial charge in [0.1, 0.15) is 0 Å². The fourth-order valence-corrected chi connectivity index (χ4v) is 2.52. The van der Waals surface area contributed by atoms with Crippen LogP contribution in [0.2, 0.25) is 0 Å². The largest absolute Gasteiger partial charge is 0.465 e. The van der Waals surface area contributed by atoms with Gasteiger partial charge in [-0.15, -0.1) is 0 Å². The number of esters is 1. The Morgan fingerprint density at radius 3 is 2.55 bits per heavy atom. The topological polar surface area (TPSA) is 81.4 Å². The third-order valence-electron chi connectivity index (χ3n) is 3.66. The molecule has 0 aliphatic heterocycles. The highest BCUT2D eigenvalue weighted by Gasteiger charge is 2.25. The van der Waals surface area contributed by atoms with Crippen LogP contribution in [0, 0.1) is 5.92 Å². The minimum Gasteiger partial charge on any atom is -0.465 e. The molecule has 1 aliphatic carbocycles. The lowest BCUT2D eigenvalue weighted by Crippen LogP contribution is -2.34. The van der Waals surface area contributed by atoms with Gasteiger partial charge in [0.05, 0.1) is 12.7 Å². The van der Waals surface area contributed by atoms with E-state index >= 15 is 0 Å². The smallest absolute Gasteiger partial charge is 0.337 e. The number of carbonyl (C=O) groups excluding carboxylic acids is 2. The Labute approximate surface area is 118 Å². The van der Waals surface area contributed by atoms with Crippen molar-refractivity contribution >= 4 is 17.6 Å². The van der Waals surface area contributed by atoms with Gasteiger partial charge in [0, 0.05) is 17.6 Å². The maximum Gasteiger partial charge on any atom is 0.337 e. The molecule has 2 unspecified atom stereocenters. The van der Waals surface area contributed by atoms with Crippen molar-refractivity contribution in [2.24, 2.45) is 11.7 Å². The molecule has 5 heteroatoms. The summed E-state index contributed by atoms with van der Waals surface area (Å²) in [5.74, 6) is -0.397. The molecule has 0 aromatic heterocycles. The van der Waals surface area contributed by atoms with Crippen LogP contribution in [-0.4, -0.2) is 25.0 Å². The zero-order valence-electron chi connectivity index (χ0n) is 11.6. The number of nitrogens with one attached hydrogen (secondary N) is 1. The van der Waals surface area contributed by atoms with Gasteiger partial charge in [-0.2, -0.15) is 0 Å². The van der Waals surface area contributed by atoms with Gasteiger partial charge in [0.2, 0.25) is 5.91 Å². The van der Waals surface area contributed by atoms with Gasteiger partial charge in [-0.25, -0.2) is 4.79 Å². The van der Waals surface area contributed by atoms with E-state index in [-0.39, 0.29) is 23.8 Å². The van der Waals surface area contributed by atoms with Crippen LogP contribution in [0.1, 0.15) is 36.0 Å². The van der Waals surface area contributed by atoms with Crippen LogP contribution >= 0.6 is 0 Å². The van der Waals surface area contributed by atoms with Crippen molar-refractivity contribution in [1.82, 2.24) is 0 Å². The van der Waals surface area contributed by atoms with Gasteiger partial charge in [-0.05, 0) is 43.5 Å². The minimum absolute atomic E-state index is 0.00553. The van der Waals surface area contributed by atoms with Crippen molar-refractivity contribution < 1.29 is 14.3 Å². The third kappa shape index (κ3) is 3.57. The van der Waals surface area contributed by atoms with Gasteiger partial charge < -0.3 is 15.8 Å². The van der Waals surface area contributed by atoms with Crippen molar-refractivity contribution in [3.8, 4) is 0 Å². The lowest BCUT2D eigenvalue weighted by Gasteiger charge is -2.25. The summed E-state index contributed by atoms with van der Waals surface area (Å²) in [5.41, 5.74) is 7.04. The van der Waals surface area contributed by atoms with Gasteiger partial charge in [-0.3, -0.25) is 4.79 Å². The van der Waals surface area contributed by atoms with E-state index in [0.29, 0.717) is 11.3 Å². The Morgan fingerprint density at radius 2 is 1.95 bits per heavy atom. The molecule has 3 N–H and O–H groups in total. The summed E-state index contributed by atoms with van der Waals surface area (Å²) in [6, 6.07) is 6.79. The summed E-state index contributed by atoms with van der Waals surface area (Å²) in [5, 5.41) is 2.87. The molecule has 0 heterocycles. The minimum atomic E-state index is -0.388. The second-order valence-electron chi connectivity index (χ2n) is 5.18. The first kappa shape index (κ1) is 14.5. The highest BCUT2D eigenvalue weighted by atomic mass is 16.5. The molecule has 1 saturated carbocycles. The maximum absolute atomic E-state index is 12.1. The van der Waals surface area contributed by atoms with Crippen molar-refractivity contribution in [1.29, 1.82) is 0 Å². The Balaban J connectivity index is 1.95. The monoisotopic (exact) mass is 276 g/mol.